The molecule has 2 atom stereocenters. The molecule has 3 rings (SSSR count). The van der Waals surface area contributed by atoms with Gasteiger partial charge in [-0.1, -0.05) is 30.3 Å². The van der Waals surface area contributed by atoms with E-state index in [1.807, 2.05) is 31.2 Å². The number of carboxylic acids is 1. The number of hydrogen-bond acceptors (Lipinski definition) is 7. The van der Waals surface area contributed by atoms with Crippen LogP contribution in [-0.4, -0.2) is 55.2 Å². The zero-order valence-electron chi connectivity index (χ0n) is 19.3. The van der Waals surface area contributed by atoms with Gasteiger partial charge in [-0.2, -0.15) is 0 Å². The van der Waals surface area contributed by atoms with Gasteiger partial charge in [0.25, 0.3) is 0 Å². The smallest absolute Gasteiger partial charge is 0.335 e. The Morgan fingerprint density at radius 1 is 1.00 bits per heavy atom. The van der Waals surface area contributed by atoms with E-state index in [-0.39, 0.29) is 29.6 Å². The number of aromatic carboxylic acids is 1. The van der Waals surface area contributed by atoms with Gasteiger partial charge >= 0.3 is 5.97 Å². The summed E-state index contributed by atoms with van der Waals surface area (Å²) in [4.78, 5) is 11.0. The summed E-state index contributed by atoms with van der Waals surface area (Å²) in [7, 11) is -3.57. The number of aliphatic hydroxyl groups is 1. The van der Waals surface area contributed by atoms with Crippen LogP contribution in [0.5, 0.6) is 11.5 Å². The van der Waals surface area contributed by atoms with Crippen LogP contribution in [0.2, 0.25) is 0 Å². The van der Waals surface area contributed by atoms with Gasteiger partial charge in [0.05, 0.1) is 23.6 Å². The van der Waals surface area contributed by atoms with E-state index in [0.29, 0.717) is 17.9 Å². The van der Waals surface area contributed by atoms with Crippen LogP contribution in [0.4, 0.5) is 5.69 Å². The summed E-state index contributed by atoms with van der Waals surface area (Å²) in [5.74, 6) is -0.531. The average Bonchev–Trinajstić information content (AvgIpc) is 2.82. The highest BCUT2D eigenvalue weighted by atomic mass is 32.2. The summed E-state index contributed by atoms with van der Waals surface area (Å²) in [6.07, 6.45) is 0.0511. The number of phenolic OH excluding ortho intramolecular Hbond substituents is 1. The molecule has 0 aliphatic heterocycles. The number of anilines is 1. The van der Waals surface area contributed by atoms with Crippen molar-refractivity contribution in [2.24, 2.45) is 0 Å². The number of phenols is 1. The Labute approximate surface area is 204 Å². The van der Waals surface area contributed by atoms with Crippen molar-refractivity contribution < 1.29 is 33.3 Å². The summed E-state index contributed by atoms with van der Waals surface area (Å²) in [5.41, 5.74) is 2.51. The molecule has 0 heterocycles. The molecule has 0 aliphatic carbocycles. The van der Waals surface area contributed by atoms with Gasteiger partial charge in [-0.15, -0.1) is 0 Å². The first-order valence-corrected chi connectivity index (χ1v) is 12.7. The fourth-order valence-electron chi connectivity index (χ4n) is 3.30. The maximum absolute atomic E-state index is 11.4. The fourth-order valence-corrected chi connectivity index (χ4v) is 3.87. The van der Waals surface area contributed by atoms with Crippen LogP contribution >= 0.6 is 0 Å². The molecule has 3 aromatic carbocycles. The molecule has 35 heavy (non-hydrogen) atoms. The van der Waals surface area contributed by atoms with Crippen molar-refractivity contribution in [2.75, 3.05) is 24.1 Å². The Kier molecular flexibility index (Phi) is 8.34. The molecule has 9 nitrogen and oxygen atoms in total. The van der Waals surface area contributed by atoms with Crippen molar-refractivity contribution in [3.05, 3.63) is 77.9 Å². The van der Waals surface area contributed by atoms with Crippen LogP contribution in [0.15, 0.2) is 66.7 Å². The molecule has 0 radical (unpaired) electrons. The Morgan fingerprint density at radius 2 is 1.60 bits per heavy atom. The Balaban J connectivity index is 1.50. The minimum Gasteiger partial charge on any atom is -0.506 e. The van der Waals surface area contributed by atoms with Gasteiger partial charge in [-0.3, -0.25) is 4.72 Å². The lowest BCUT2D eigenvalue weighted by atomic mass is 10.0. The summed E-state index contributed by atoms with van der Waals surface area (Å²) in [6.45, 7) is 2.44. The molecule has 0 saturated carbocycles. The summed E-state index contributed by atoms with van der Waals surface area (Å²) in [6, 6.07) is 18.2. The van der Waals surface area contributed by atoms with E-state index in [0.717, 1.165) is 17.4 Å². The molecule has 0 aromatic heterocycles. The molecule has 10 heteroatoms. The minimum atomic E-state index is -3.57. The standard InChI is InChI=1S/C25H28N2O7S/c1-16(26-14-24(29)20-9-12-23(28)22(13-20)27-35(2,32)33)15-34-21-10-7-18(8-11-21)17-3-5-19(6-4-17)25(30)31/h3-13,16,24,26-29H,14-15H2,1-2H3,(H,30,31). The van der Waals surface area contributed by atoms with Crippen molar-refractivity contribution in [1.82, 2.24) is 5.32 Å². The normalized spacial score (nSPS) is 13.1. The monoisotopic (exact) mass is 500 g/mol. The molecular formula is C25H28N2O7S. The molecule has 0 aliphatic rings. The Bertz CT molecular complexity index is 1260. The van der Waals surface area contributed by atoms with Crippen molar-refractivity contribution in [2.45, 2.75) is 19.1 Å². The second-order valence-electron chi connectivity index (χ2n) is 8.19. The molecular weight excluding hydrogens is 472 g/mol. The molecule has 2 unspecified atom stereocenters. The third-order valence-corrected chi connectivity index (χ3v) is 5.77. The van der Waals surface area contributed by atoms with Crippen molar-refractivity contribution >= 4 is 21.7 Å². The van der Waals surface area contributed by atoms with E-state index in [1.54, 1.807) is 24.3 Å². The maximum atomic E-state index is 11.4. The highest BCUT2D eigenvalue weighted by Gasteiger charge is 2.14. The van der Waals surface area contributed by atoms with Gasteiger partial charge in [-0.05, 0) is 60.0 Å². The number of rotatable bonds is 11. The first-order valence-electron chi connectivity index (χ1n) is 10.8. The number of aromatic hydroxyl groups is 1. The molecule has 0 amide bonds. The average molecular weight is 501 g/mol. The highest BCUT2D eigenvalue weighted by molar-refractivity contribution is 7.92. The first kappa shape index (κ1) is 26.0. The third-order valence-electron chi connectivity index (χ3n) is 5.18. The minimum absolute atomic E-state index is 0.00158. The van der Waals surface area contributed by atoms with Crippen LogP contribution in [-0.2, 0) is 10.0 Å². The summed E-state index contributed by atoms with van der Waals surface area (Å²) >= 11 is 0. The van der Waals surface area contributed by atoms with Crippen LogP contribution in [0.25, 0.3) is 11.1 Å². The molecule has 5 N–H and O–H groups in total. The van der Waals surface area contributed by atoms with E-state index in [1.165, 1.54) is 18.2 Å². The van der Waals surface area contributed by atoms with E-state index >= 15 is 0 Å². The lowest BCUT2D eigenvalue weighted by Gasteiger charge is -2.19. The van der Waals surface area contributed by atoms with Gasteiger partial charge in [0.2, 0.25) is 10.0 Å². The predicted molar refractivity (Wildman–Crippen MR) is 133 cm³/mol. The van der Waals surface area contributed by atoms with Gasteiger partial charge in [0.15, 0.2) is 0 Å². The largest absolute Gasteiger partial charge is 0.506 e. The lowest BCUT2D eigenvalue weighted by Crippen LogP contribution is -2.34. The highest BCUT2D eigenvalue weighted by Crippen LogP contribution is 2.28. The number of carboxylic acid groups (broad SMARTS) is 1. The van der Waals surface area contributed by atoms with Crippen LogP contribution in [0, 0.1) is 0 Å². The van der Waals surface area contributed by atoms with Gasteiger partial charge in [-0.25, -0.2) is 13.2 Å². The van der Waals surface area contributed by atoms with Gasteiger partial charge in [0, 0.05) is 12.6 Å². The van der Waals surface area contributed by atoms with Crippen LogP contribution in [0.1, 0.15) is 28.9 Å². The van der Waals surface area contributed by atoms with Crippen molar-refractivity contribution in [1.29, 1.82) is 0 Å². The Hall–Kier alpha value is -3.60. The van der Waals surface area contributed by atoms with Gasteiger partial charge in [0.1, 0.15) is 18.1 Å². The SMILES string of the molecule is CC(COc1ccc(-c2ccc(C(=O)O)cc2)cc1)NCC(O)c1ccc(O)c(NS(C)(=O)=O)c1. The summed E-state index contributed by atoms with van der Waals surface area (Å²) in [5, 5.41) is 32.5. The van der Waals surface area contributed by atoms with Crippen molar-refractivity contribution in [3.63, 3.8) is 0 Å². The lowest BCUT2D eigenvalue weighted by molar-refractivity contribution is 0.0697. The zero-order chi connectivity index (χ0) is 25.6. The summed E-state index contributed by atoms with van der Waals surface area (Å²) < 4.78 is 30.9. The number of aliphatic hydroxyl groups excluding tert-OH is 1. The maximum Gasteiger partial charge on any atom is 0.335 e. The fraction of sp³-hybridized carbons (Fsp3) is 0.240. The molecule has 3 aromatic rings. The Morgan fingerprint density at radius 3 is 2.17 bits per heavy atom. The van der Waals surface area contributed by atoms with Crippen molar-refractivity contribution in [3.8, 4) is 22.6 Å². The van der Waals surface area contributed by atoms with E-state index < -0.39 is 22.1 Å². The number of hydrogen-bond donors (Lipinski definition) is 5. The zero-order valence-corrected chi connectivity index (χ0v) is 20.1. The second kappa shape index (κ2) is 11.2. The molecule has 0 saturated heterocycles. The molecule has 0 spiro atoms. The van der Waals surface area contributed by atoms with E-state index in [9.17, 15) is 23.4 Å². The second-order valence-corrected chi connectivity index (χ2v) is 9.94. The topological polar surface area (TPSA) is 145 Å². The number of carbonyl (C=O) groups is 1. The van der Waals surface area contributed by atoms with E-state index in [4.69, 9.17) is 9.84 Å². The first-order chi connectivity index (χ1) is 16.5. The molecule has 0 bridgehead atoms. The third kappa shape index (κ3) is 7.71. The quantitative estimate of drug-likeness (QED) is 0.252. The van der Waals surface area contributed by atoms with Gasteiger partial charge < -0.3 is 25.4 Å². The van der Waals surface area contributed by atoms with E-state index in [2.05, 4.69) is 10.0 Å². The number of sulfonamides is 1. The van der Waals surface area contributed by atoms with Crippen LogP contribution < -0.4 is 14.8 Å². The number of benzene rings is 3. The molecule has 0 fully saturated rings. The number of ether oxygens (including phenoxy) is 1. The molecule has 186 valence electrons. The predicted octanol–water partition coefficient (Wildman–Crippen LogP) is 3.22. The van der Waals surface area contributed by atoms with Crippen LogP contribution in [0.3, 0.4) is 0 Å². The number of nitrogens with one attached hydrogen (secondary N) is 2.